The van der Waals surface area contributed by atoms with Crippen LogP contribution >= 0.6 is 7.82 Å². The van der Waals surface area contributed by atoms with Gasteiger partial charge < -0.3 is 28.8 Å². The Bertz CT molecular complexity index is 1600. The number of carbonyl (C=O) groups excluding carboxylic acids is 1. The summed E-state index contributed by atoms with van der Waals surface area (Å²) in [6.07, 6.45) is 83.2. The van der Waals surface area contributed by atoms with Crippen molar-refractivity contribution >= 4 is 13.7 Å². The lowest BCUT2D eigenvalue weighted by Gasteiger charge is -2.29. The molecule has 0 aromatic carbocycles. The van der Waals surface area contributed by atoms with E-state index in [1.54, 1.807) is 6.08 Å². The van der Waals surface area contributed by atoms with Gasteiger partial charge in [0.2, 0.25) is 5.91 Å². The van der Waals surface area contributed by atoms with E-state index in [0.29, 0.717) is 17.4 Å². The van der Waals surface area contributed by atoms with E-state index in [1.165, 1.54) is 141 Å². The van der Waals surface area contributed by atoms with Crippen molar-refractivity contribution in [1.29, 1.82) is 0 Å². The molecule has 8 nitrogen and oxygen atoms in total. The van der Waals surface area contributed by atoms with Crippen molar-refractivity contribution < 1.29 is 32.9 Å². The first kappa shape index (κ1) is 73.2. The highest BCUT2D eigenvalue weighted by atomic mass is 31.2. The van der Waals surface area contributed by atoms with E-state index in [9.17, 15) is 19.4 Å². The predicted molar refractivity (Wildman–Crippen MR) is 329 cm³/mol. The Hall–Kier alpha value is -2.84. The van der Waals surface area contributed by atoms with Crippen LogP contribution in [-0.2, 0) is 18.4 Å². The third-order valence-corrected chi connectivity index (χ3v) is 14.4. The molecule has 0 aliphatic carbocycles. The van der Waals surface area contributed by atoms with Gasteiger partial charge >= 0.3 is 0 Å². The number of phosphoric ester groups is 1. The van der Waals surface area contributed by atoms with Crippen molar-refractivity contribution in [3.05, 3.63) is 109 Å². The summed E-state index contributed by atoms with van der Waals surface area (Å²) in [5.41, 5.74) is 0. The molecule has 0 aliphatic heterocycles. The summed E-state index contributed by atoms with van der Waals surface area (Å²) in [5.74, 6) is -0.216. The molecule has 0 saturated carbocycles. The fourth-order valence-corrected chi connectivity index (χ4v) is 9.34. The van der Waals surface area contributed by atoms with E-state index in [4.69, 9.17) is 9.05 Å². The lowest BCUT2D eigenvalue weighted by molar-refractivity contribution is -0.870. The summed E-state index contributed by atoms with van der Waals surface area (Å²) in [4.78, 5) is 25.6. The van der Waals surface area contributed by atoms with Crippen LogP contribution in [-0.4, -0.2) is 68.5 Å². The molecule has 0 heterocycles. The van der Waals surface area contributed by atoms with E-state index >= 15 is 0 Å². The van der Waals surface area contributed by atoms with Gasteiger partial charge in [-0.1, -0.05) is 271 Å². The normalized spacial score (nSPS) is 14.6. The second-order valence-electron chi connectivity index (χ2n) is 22.0. The standard InChI is InChI=1S/C67H119N2O6P/c1-6-8-10-12-14-16-18-20-22-24-26-28-30-31-32-33-34-35-36-37-39-41-43-45-47-49-51-53-55-57-59-61-67(71)68-65(64-75-76(72,73)74-63-62-69(3,4)5)66(70)60-58-56-54-52-50-48-46-44-42-40-38-29-27-25-23-21-19-17-15-13-11-9-7-2/h8,10,14,16,20,22,26,28,31-32,34-35,37,39,50,52,58,60,65-66,70H,6-7,9,11-13,15,17-19,21,23-25,27,29-30,33,36,38,40-49,51,53-57,59,61-64H2,1-5H3,(H-,68,71,72,73)/b10-8-,16-14-,22-20-,28-26-,32-31-,35-34-,39-37-,52-50+,60-58+. The lowest BCUT2D eigenvalue weighted by atomic mass is 10.0. The highest BCUT2D eigenvalue weighted by Crippen LogP contribution is 2.38. The maximum atomic E-state index is 13.0. The molecule has 0 radical (unpaired) electrons. The zero-order valence-corrected chi connectivity index (χ0v) is 50.8. The van der Waals surface area contributed by atoms with Crippen molar-refractivity contribution in [3.63, 3.8) is 0 Å². The van der Waals surface area contributed by atoms with Gasteiger partial charge in [0.05, 0.1) is 39.9 Å². The molecule has 0 aromatic rings. The molecule has 1 amide bonds. The van der Waals surface area contributed by atoms with Gasteiger partial charge in [-0.2, -0.15) is 0 Å². The third-order valence-electron chi connectivity index (χ3n) is 13.5. The number of aliphatic hydroxyl groups is 1. The van der Waals surface area contributed by atoms with Crippen LogP contribution in [0.4, 0.5) is 0 Å². The molecule has 0 aromatic heterocycles. The summed E-state index contributed by atoms with van der Waals surface area (Å²) in [6, 6.07) is -0.915. The van der Waals surface area contributed by atoms with Gasteiger partial charge in [-0.3, -0.25) is 9.36 Å². The Balaban J connectivity index is 4.24. The number of quaternary nitrogens is 1. The summed E-state index contributed by atoms with van der Waals surface area (Å²) >= 11 is 0. The Kier molecular flexibility index (Phi) is 54.7. The van der Waals surface area contributed by atoms with Gasteiger partial charge in [-0.05, 0) is 89.9 Å². The van der Waals surface area contributed by atoms with Crippen molar-refractivity contribution in [3.8, 4) is 0 Å². The Morgan fingerprint density at radius 3 is 1.22 bits per heavy atom. The van der Waals surface area contributed by atoms with Crippen LogP contribution in [0.1, 0.15) is 258 Å². The molecule has 0 saturated heterocycles. The van der Waals surface area contributed by atoms with Crippen LogP contribution in [0.25, 0.3) is 0 Å². The van der Waals surface area contributed by atoms with Gasteiger partial charge in [0.25, 0.3) is 7.82 Å². The van der Waals surface area contributed by atoms with Gasteiger partial charge in [0.1, 0.15) is 13.2 Å². The largest absolute Gasteiger partial charge is 0.756 e. The van der Waals surface area contributed by atoms with E-state index in [2.05, 4.69) is 116 Å². The monoisotopic (exact) mass is 1080 g/mol. The summed E-state index contributed by atoms with van der Waals surface area (Å²) < 4.78 is 23.4. The summed E-state index contributed by atoms with van der Waals surface area (Å²) in [7, 11) is 1.23. The second kappa shape index (κ2) is 56.9. The second-order valence-corrected chi connectivity index (χ2v) is 23.4. The molecular weight excluding hydrogens is 960 g/mol. The van der Waals surface area contributed by atoms with Gasteiger partial charge in [-0.25, -0.2) is 0 Å². The minimum atomic E-state index is -4.62. The average molecular weight is 1080 g/mol. The fourth-order valence-electron chi connectivity index (χ4n) is 8.62. The minimum Gasteiger partial charge on any atom is -0.756 e. The number of carbonyl (C=O) groups is 1. The molecule has 3 atom stereocenters. The van der Waals surface area contributed by atoms with Crippen LogP contribution in [0, 0.1) is 0 Å². The van der Waals surface area contributed by atoms with Crippen LogP contribution in [0.5, 0.6) is 0 Å². The quantitative estimate of drug-likeness (QED) is 0.0272. The van der Waals surface area contributed by atoms with Crippen molar-refractivity contribution in [2.45, 2.75) is 270 Å². The highest BCUT2D eigenvalue weighted by molar-refractivity contribution is 7.45. The van der Waals surface area contributed by atoms with E-state index < -0.39 is 26.6 Å². The lowest BCUT2D eigenvalue weighted by Crippen LogP contribution is -2.45. The smallest absolute Gasteiger partial charge is 0.268 e. The number of nitrogens with one attached hydrogen (secondary N) is 1. The fraction of sp³-hybridized carbons (Fsp3) is 0.716. The first-order chi connectivity index (χ1) is 37.0. The van der Waals surface area contributed by atoms with Gasteiger partial charge in [0.15, 0.2) is 0 Å². The molecule has 3 unspecified atom stereocenters. The van der Waals surface area contributed by atoms with Crippen LogP contribution in [0.2, 0.25) is 0 Å². The molecule has 0 spiro atoms. The van der Waals surface area contributed by atoms with E-state index in [1.807, 2.05) is 27.2 Å². The zero-order valence-electron chi connectivity index (χ0n) is 49.9. The van der Waals surface area contributed by atoms with Gasteiger partial charge in [0, 0.05) is 6.42 Å². The van der Waals surface area contributed by atoms with Crippen LogP contribution < -0.4 is 10.2 Å². The number of allylic oxidation sites excluding steroid dienone is 17. The topological polar surface area (TPSA) is 108 Å². The number of rotatable bonds is 56. The number of hydrogen-bond donors (Lipinski definition) is 2. The third kappa shape index (κ3) is 58.8. The molecule has 76 heavy (non-hydrogen) atoms. The van der Waals surface area contributed by atoms with Gasteiger partial charge in [-0.15, -0.1) is 0 Å². The first-order valence-electron chi connectivity index (χ1n) is 31.2. The molecular formula is C67H119N2O6P. The predicted octanol–water partition coefficient (Wildman–Crippen LogP) is 18.9. The molecule has 0 fully saturated rings. The summed E-state index contributed by atoms with van der Waals surface area (Å²) in [6.45, 7) is 4.52. The van der Waals surface area contributed by atoms with Crippen molar-refractivity contribution in [2.24, 2.45) is 0 Å². The molecule has 0 aliphatic rings. The number of phosphoric acid groups is 1. The number of unbranched alkanes of at least 4 members (excludes halogenated alkanes) is 27. The minimum absolute atomic E-state index is 0.0127. The van der Waals surface area contributed by atoms with Crippen molar-refractivity contribution in [1.82, 2.24) is 5.32 Å². The maximum Gasteiger partial charge on any atom is 0.268 e. The maximum absolute atomic E-state index is 13.0. The molecule has 0 rings (SSSR count). The Morgan fingerprint density at radius 2 is 0.816 bits per heavy atom. The van der Waals surface area contributed by atoms with Crippen LogP contribution in [0.15, 0.2) is 109 Å². The Labute approximate surface area is 470 Å². The molecule has 438 valence electrons. The number of aliphatic hydroxyl groups excluding tert-OH is 1. The SMILES string of the molecule is CC/C=C\C/C=C\C/C=C\C/C=C\C/C=C\C/C=C\C/C=C\CCCCCCCCCCCC(=O)NC(COP(=O)([O-])OCC[N+](C)(C)C)C(O)/C=C/CC/C=C/CCCCCCCCCCCCCCCCCCC. The van der Waals surface area contributed by atoms with Crippen molar-refractivity contribution in [2.75, 3.05) is 40.9 Å². The Morgan fingerprint density at radius 1 is 0.474 bits per heavy atom. The average Bonchev–Trinajstić information content (AvgIpc) is 3.38. The number of likely N-dealkylation sites (N-methyl/N-ethyl adjacent to an activating group) is 1. The van der Waals surface area contributed by atoms with E-state index in [-0.39, 0.29) is 12.5 Å². The highest BCUT2D eigenvalue weighted by Gasteiger charge is 2.23. The van der Waals surface area contributed by atoms with Crippen LogP contribution in [0.3, 0.4) is 0 Å². The number of hydrogen-bond acceptors (Lipinski definition) is 6. The number of nitrogens with zero attached hydrogens (tertiary/aromatic N) is 1. The molecule has 0 bridgehead atoms. The number of amides is 1. The first-order valence-corrected chi connectivity index (χ1v) is 32.7. The molecule has 2 N–H and O–H groups in total. The zero-order chi connectivity index (χ0) is 55.6. The molecule has 9 heteroatoms. The van der Waals surface area contributed by atoms with E-state index in [0.717, 1.165) is 96.3 Å². The summed E-state index contributed by atoms with van der Waals surface area (Å²) in [5, 5.41) is 13.9.